The SMILES string of the molecule is C[C@@H]1OCC[C@H]1C(=O)N[C@H]1CCCC[C@H]1n1cc(C(C)(C)O)nn1. The maximum atomic E-state index is 12.6. The van der Waals surface area contributed by atoms with Gasteiger partial charge in [-0.3, -0.25) is 4.79 Å². The highest BCUT2D eigenvalue weighted by Gasteiger charge is 2.35. The molecule has 1 aliphatic carbocycles. The Kier molecular flexibility index (Phi) is 4.92. The molecule has 1 aromatic heterocycles. The van der Waals surface area contributed by atoms with Crippen molar-refractivity contribution in [2.75, 3.05) is 6.61 Å². The van der Waals surface area contributed by atoms with Crippen LogP contribution in [0.25, 0.3) is 0 Å². The van der Waals surface area contributed by atoms with Crippen LogP contribution >= 0.6 is 0 Å². The van der Waals surface area contributed by atoms with Crippen LogP contribution in [0.3, 0.4) is 0 Å². The van der Waals surface area contributed by atoms with Crippen LogP contribution in [0, 0.1) is 5.92 Å². The highest BCUT2D eigenvalue weighted by atomic mass is 16.5. The Bertz CT molecular complexity index is 581. The van der Waals surface area contributed by atoms with E-state index in [9.17, 15) is 9.90 Å². The van der Waals surface area contributed by atoms with Gasteiger partial charge in [0, 0.05) is 6.61 Å². The van der Waals surface area contributed by atoms with Crippen LogP contribution in [0.1, 0.15) is 64.6 Å². The molecule has 4 atom stereocenters. The number of aromatic nitrogens is 3. The summed E-state index contributed by atoms with van der Waals surface area (Å²) in [5, 5.41) is 21.6. The molecule has 1 aromatic rings. The molecule has 2 N–H and O–H groups in total. The summed E-state index contributed by atoms with van der Waals surface area (Å²) in [6.07, 6.45) is 6.68. The summed E-state index contributed by atoms with van der Waals surface area (Å²) in [7, 11) is 0. The molecular weight excluding hydrogens is 308 g/mol. The van der Waals surface area contributed by atoms with Crippen LogP contribution in [0.2, 0.25) is 0 Å². The predicted octanol–water partition coefficient (Wildman–Crippen LogP) is 1.53. The van der Waals surface area contributed by atoms with E-state index in [0.717, 1.165) is 32.1 Å². The van der Waals surface area contributed by atoms with Crippen LogP contribution in [0.4, 0.5) is 0 Å². The average Bonchev–Trinajstić information content (AvgIpc) is 3.16. The third-order valence-electron chi connectivity index (χ3n) is 5.25. The van der Waals surface area contributed by atoms with Crippen molar-refractivity contribution in [3.63, 3.8) is 0 Å². The van der Waals surface area contributed by atoms with E-state index in [1.54, 1.807) is 20.0 Å². The molecule has 2 heterocycles. The summed E-state index contributed by atoms with van der Waals surface area (Å²) in [5.41, 5.74) is -0.460. The Morgan fingerprint density at radius 3 is 2.75 bits per heavy atom. The quantitative estimate of drug-likeness (QED) is 0.870. The third-order valence-corrected chi connectivity index (χ3v) is 5.25. The monoisotopic (exact) mass is 336 g/mol. The number of amides is 1. The Morgan fingerprint density at radius 1 is 1.38 bits per heavy atom. The van der Waals surface area contributed by atoms with Crippen LogP contribution in [0.5, 0.6) is 0 Å². The maximum Gasteiger partial charge on any atom is 0.226 e. The lowest BCUT2D eigenvalue weighted by molar-refractivity contribution is -0.127. The first-order chi connectivity index (χ1) is 11.4. The molecule has 0 radical (unpaired) electrons. The van der Waals surface area contributed by atoms with Gasteiger partial charge in [-0.1, -0.05) is 18.1 Å². The minimum Gasteiger partial charge on any atom is -0.384 e. The van der Waals surface area contributed by atoms with Gasteiger partial charge in [0.1, 0.15) is 11.3 Å². The Balaban J connectivity index is 1.71. The van der Waals surface area contributed by atoms with Crippen molar-refractivity contribution < 1.29 is 14.6 Å². The highest BCUT2D eigenvalue weighted by molar-refractivity contribution is 5.79. The van der Waals surface area contributed by atoms with Crippen molar-refractivity contribution in [2.45, 2.75) is 76.7 Å². The van der Waals surface area contributed by atoms with Gasteiger partial charge in [0.15, 0.2) is 0 Å². The zero-order valence-electron chi connectivity index (χ0n) is 14.7. The van der Waals surface area contributed by atoms with E-state index in [1.165, 1.54) is 0 Å². The number of nitrogens with zero attached hydrogens (tertiary/aromatic N) is 3. The molecule has 1 saturated heterocycles. The minimum absolute atomic E-state index is 0.0137. The lowest BCUT2D eigenvalue weighted by atomic mass is 9.89. The van der Waals surface area contributed by atoms with Crippen molar-refractivity contribution in [3.8, 4) is 0 Å². The van der Waals surface area contributed by atoms with Crippen molar-refractivity contribution in [1.82, 2.24) is 20.3 Å². The average molecular weight is 336 g/mol. The van der Waals surface area contributed by atoms with Crippen molar-refractivity contribution in [1.29, 1.82) is 0 Å². The summed E-state index contributed by atoms with van der Waals surface area (Å²) < 4.78 is 7.32. The van der Waals surface area contributed by atoms with Gasteiger partial charge in [0.2, 0.25) is 5.91 Å². The van der Waals surface area contributed by atoms with E-state index in [1.807, 2.05) is 11.6 Å². The van der Waals surface area contributed by atoms with E-state index in [2.05, 4.69) is 15.6 Å². The number of aliphatic hydroxyl groups is 1. The van der Waals surface area contributed by atoms with Gasteiger partial charge >= 0.3 is 0 Å². The summed E-state index contributed by atoms with van der Waals surface area (Å²) in [6.45, 7) is 6.01. The fourth-order valence-corrected chi connectivity index (χ4v) is 3.68. The molecular formula is C17H28N4O3. The molecule has 0 spiro atoms. The molecule has 7 heteroatoms. The van der Waals surface area contributed by atoms with Crippen LogP contribution in [-0.4, -0.2) is 44.8 Å². The Morgan fingerprint density at radius 2 is 2.12 bits per heavy atom. The first kappa shape index (κ1) is 17.4. The van der Waals surface area contributed by atoms with Crippen LogP contribution in [-0.2, 0) is 15.1 Å². The standard InChI is InChI=1S/C17H28N4O3/c1-11-12(8-9-24-11)16(22)18-13-6-4-5-7-14(13)21-10-15(19-20-21)17(2,3)23/h10-14,23H,4-9H2,1-3H3,(H,18,22)/t11-,12+,13-,14+/m0/s1. The smallest absolute Gasteiger partial charge is 0.226 e. The van der Waals surface area contributed by atoms with E-state index in [4.69, 9.17) is 4.74 Å². The Hall–Kier alpha value is -1.47. The van der Waals surface area contributed by atoms with E-state index in [-0.39, 0.29) is 30.0 Å². The van der Waals surface area contributed by atoms with Gasteiger partial charge in [0.25, 0.3) is 0 Å². The molecule has 2 aliphatic rings. The van der Waals surface area contributed by atoms with Crippen molar-refractivity contribution in [2.24, 2.45) is 5.92 Å². The highest BCUT2D eigenvalue weighted by Crippen LogP contribution is 2.30. The van der Waals surface area contributed by atoms with E-state index in [0.29, 0.717) is 12.3 Å². The van der Waals surface area contributed by atoms with Crippen molar-refractivity contribution >= 4 is 5.91 Å². The second kappa shape index (κ2) is 6.80. The molecule has 1 aliphatic heterocycles. The summed E-state index contributed by atoms with van der Waals surface area (Å²) in [5.74, 6) is 0.0231. The molecule has 7 nitrogen and oxygen atoms in total. The number of ether oxygens (including phenoxy) is 1. The zero-order valence-corrected chi connectivity index (χ0v) is 14.7. The number of rotatable bonds is 4. The van der Waals surface area contributed by atoms with Gasteiger partial charge in [-0.15, -0.1) is 5.10 Å². The molecule has 2 fully saturated rings. The fraction of sp³-hybridized carbons (Fsp3) is 0.824. The van der Waals surface area contributed by atoms with Crippen LogP contribution < -0.4 is 5.32 Å². The topological polar surface area (TPSA) is 89.3 Å². The second-order valence-electron chi connectivity index (χ2n) is 7.58. The number of hydrogen-bond acceptors (Lipinski definition) is 5. The summed E-state index contributed by atoms with van der Waals surface area (Å²) in [4.78, 5) is 12.6. The molecule has 3 rings (SSSR count). The molecule has 1 amide bonds. The predicted molar refractivity (Wildman–Crippen MR) is 88.2 cm³/mol. The molecule has 134 valence electrons. The molecule has 0 unspecified atom stereocenters. The van der Waals surface area contributed by atoms with E-state index >= 15 is 0 Å². The van der Waals surface area contributed by atoms with Gasteiger partial charge in [0.05, 0.1) is 30.3 Å². The molecule has 0 bridgehead atoms. The van der Waals surface area contributed by atoms with Crippen molar-refractivity contribution in [3.05, 3.63) is 11.9 Å². The minimum atomic E-state index is -1.01. The number of carbonyl (C=O) groups is 1. The zero-order chi connectivity index (χ0) is 17.3. The maximum absolute atomic E-state index is 12.6. The third kappa shape index (κ3) is 3.62. The van der Waals surface area contributed by atoms with Crippen LogP contribution in [0.15, 0.2) is 6.20 Å². The normalized spacial score (nSPS) is 31.2. The fourth-order valence-electron chi connectivity index (χ4n) is 3.68. The van der Waals surface area contributed by atoms with Gasteiger partial charge < -0.3 is 15.2 Å². The first-order valence-electron chi connectivity index (χ1n) is 8.93. The number of hydrogen-bond donors (Lipinski definition) is 2. The lowest BCUT2D eigenvalue weighted by Gasteiger charge is -2.33. The molecule has 24 heavy (non-hydrogen) atoms. The summed E-state index contributed by atoms with van der Waals surface area (Å²) in [6, 6.07) is 0.138. The molecule has 0 aromatic carbocycles. The number of nitrogens with one attached hydrogen (secondary N) is 1. The second-order valence-corrected chi connectivity index (χ2v) is 7.58. The first-order valence-corrected chi connectivity index (χ1v) is 8.93. The largest absolute Gasteiger partial charge is 0.384 e. The molecule has 1 saturated carbocycles. The van der Waals surface area contributed by atoms with Gasteiger partial charge in [-0.25, -0.2) is 4.68 Å². The van der Waals surface area contributed by atoms with Gasteiger partial charge in [-0.2, -0.15) is 0 Å². The lowest BCUT2D eigenvalue weighted by Crippen LogP contribution is -2.46. The summed E-state index contributed by atoms with van der Waals surface area (Å²) >= 11 is 0. The van der Waals surface area contributed by atoms with E-state index < -0.39 is 5.60 Å². The Labute approximate surface area is 142 Å². The number of carbonyl (C=O) groups excluding carboxylic acids is 1. The van der Waals surface area contributed by atoms with Gasteiger partial charge in [-0.05, 0) is 40.0 Å².